The van der Waals surface area contributed by atoms with Crippen molar-refractivity contribution in [3.05, 3.63) is 29.3 Å². The first-order valence-electron chi connectivity index (χ1n) is 6.09. The van der Waals surface area contributed by atoms with Gasteiger partial charge in [0.05, 0.1) is 0 Å². The third kappa shape index (κ3) is 3.19. The fourth-order valence-electron chi connectivity index (χ4n) is 2.25. The van der Waals surface area contributed by atoms with Gasteiger partial charge in [0.2, 0.25) is 0 Å². The van der Waals surface area contributed by atoms with E-state index in [1.165, 1.54) is 0 Å². The van der Waals surface area contributed by atoms with Crippen LogP contribution in [0, 0.1) is 0 Å². The molecule has 0 aliphatic heterocycles. The zero-order chi connectivity index (χ0) is 14.0. The highest BCUT2D eigenvalue weighted by Crippen LogP contribution is 2.33. The number of alkyl halides is 3. The van der Waals surface area contributed by atoms with E-state index in [0.29, 0.717) is 11.8 Å². The van der Waals surface area contributed by atoms with Crippen molar-refractivity contribution in [1.82, 2.24) is 5.32 Å². The summed E-state index contributed by atoms with van der Waals surface area (Å²) in [7, 11) is 1.88. The maximum absolute atomic E-state index is 12.1. The molecular formula is C13H16F3NO2. The van der Waals surface area contributed by atoms with Gasteiger partial charge >= 0.3 is 6.18 Å². The second kappa shape index (κ2) is 5.38. The number of fused-ring (bicyclic) bond motifs is 1. The molecule has 0 amide bonds. The van der Waals surface area contributed by atoms with Crippen LogP contribution in [0.1, 0.15) is 23.6 Å². The van der Waals surface area contributed by atoms with E-state index in [0.717, 1.165) is 24.0 Å². The van der Waals surface area contributed by atoms with Crippen LogP contribution in [0.4, 0.5) is 13.2 Å². The van der Waals surface area contributed by atoms with Gasteiger partial charge < -0.3 is 15.2 Å². The number of aryl methyl sites for hydroxylation is 1. The van der Waals surface area contributed by atoms with Gasteiger partial charge in [-0.05, 0) is 43.1 Å². The Hall–Kier alpha value is -1.27. The van der Waals surface area contributed by atoms with Gasteiger partial charge in [0.1, 0.15) is 12.4 Å². The van der Waals surface area contributed by atoms with Crippen molar-refractivity contribution in [2.24, 2.45) is 0 Å². The van der Waals surface area contributed by atoms with Crippen molar-refractivity contribution in [2.75, 3.05) is 13.7 Å². The Bertz CT molecular complexity index is 448. The molecule has 1 aromatic rings. The average molecular weight is 275 g/mol. The van der Waals surface area contributed by atoms with Gasteiger partial charge in [0.25, 0.3) is 0 Å². The minimum atomic E-state index is -4.64. The van der Waals surface area contributed by atoms with Gasteiger partial charge in [-0.25, -0.2) is 0 Å². The summed E-state index contributed by atoms with van der Waals surface area (Å²) in [6, 6.07) is 5.54. The van der Waals surface area contributed by atoms with Crippen LogP contribution in [0.15, 0.2) is 18.2 Å². The molecule has 106 valence electrons. The Kier molecular flexibility index (Phi) is 4.01. The van der Waals surface area contributed by atoms with Crippen LogP contribution in [0.25, 0.3) is 0 Å². The zero-order valence-corrected chi connectivity index (χ0v) is 10.5. The van der Waals surface area contributed by atoms with E-state index in [1.54, 1.807) is 12.1 Å². The van der Waals surface area contributed by atoms with E-state index >= 15 is 0 Å². The monoisotopic (exact) mass is 275 g/mol. The predicted molar refractivity (Wildman–Crippen MR) is 64.1 cm³/mol. The molecule has 2 atom stereocenters. The van der Waals surface area contributed by atoms with E-state index in [1.807, 2.05) is 13.1 Å². The third-order valence-corrected chi connectivity index (χ3v) is 3.33. The second-order valence-electron chi connectivity index (χ2n) is 4.61. The molecule has 2 N–H and O–H groups in total. The number of rotatable bonds is 4. The summed E-state index contributed by atoms with van der Waals surface area (Å²) in [4.78, 5) is 0. The van der Waals surface area contributed by atoms with Crippen molar-refractivity contribution in [3.63, 3.8) is 0 Å². The van der Waals surface area contributed by atoms with Gasteiger partial charge in [0, 0.05) is 6.04 Å². The molecule has 1 aliphatic carbocycles. The molecule has 0 aromatic heterocycles. The summed E-state index contributed by atoms with van der Waals surface area (Å²) in [6.45, 7) is -0.780. The molecule has 0 radical (unpaired) electrons. The molecule has 0 saturated heterocycles. The molecule has 0 fully saturated rings. The summed E-state index contributed by atoms with van der Waals surface area (Å²) in [5, 5.41) is 12.0. The topological polar surface area (TPSA) is 41.5 Å². The first-order chi connectivity index (χ1) is 8.91. The van der Waals surface area contributed by atoms with Crippen molar-refractivity contribution in [3.8, 4) is 5.75 Å². The lowest BCUT2D eigenvalue weighted by molar-refractivity contribution is -0.210. The summed E-state index contributed by atoms with van der Waals surface area (Å²) in [6.07, 6.45) is -5.25. The van der Waals surface area contributed by atoms with Crippen molar-refractivity contribution >= 4 is 0 Å². The molecule has 0 heterocycles. The Balaban J connectivity index is 2.00. The fraction of sp³-hybridized carbons (Fsp3) is 0.538. The minimum Gasteiger partial charge on any atom is -0.491 e. The Morgan fingerprint density at radius 3 is 2.84 bits per heavy atom. The largest absolute Gasteiger partial charge is 0.491 e. The van der Waals surface area contributed by atoms with Gasteiger partial charge in [-0.15, -0.1) is 0 Å². The molecule has 1 aliphatic rings. The average Bonchev–Trinajstić information content (AvgIpc) is 2.76. The normalized spacial score (nSPS) is 20.2. The number of benzene rings is 1. The zero-order valence-electron chi connectivity index (χ0n) is 10.5. The number of aliphatic hydroxyl groups excluding tert-OH is 1. The highest BCUT2D eigenvalue weighted by molar-refractivity contribution is 5.40. The second-order valence-corrected chi connectivity index (χ2v) is 4.61. The first-order valence-corrected chi connectivity index (χ1v) is 6.09. The van der Waals surface area contributed by atoms with Crippen LogP contribution >= 0.6 is 0 Å². The number of hydrogen-bond donors (Lipinski definition) is 2. The Labute approximate surface area is 109 Å². The molecule has 1 aromatic carbocycles. The maximum Gasteiger partial charge on any atom is 0.417 e. The Morgan fingerprint density at radius 2 is 2.21 bits per heavy atom. The minimum absolute atomic E-state index is 0.296. The van der Waals surface area contributed by atoms with Gasteiger partial charge in [-0.2, -0.15) is 13.2 Å². The molecule has 0 bridgehead atoms. The first kappa shape index (κ1) is 14.1. The van der Waals surface area contributed by atoms with Crippen LogP contribution in [0.3, 0.4) is 0 Å². The summed E-state index contributed by atoms with van der Waals surface area (Å²) >= 11 is 0. The number of ether oxygens (including phenoxy) is 1. The molecule has 0 saturated carbocycles. The van der Waals surface area contributed by atoms with E-state index in [9.17, 15) is 13.2 Å². The van der Waals surface area contributed by atoms with Gasteiger partial charge in [-0.3, -0.25) is 0 Å². The number of nitrogens with one attached hydrogen (secondary N) is 1. The highest BCUT2D eigenvalue weighted by atomic mass is 19.4. The fourth-order valence-corrected chi connectivity index (χ4v) is 2.25. The maximum atomic E-state index is 12.1. The van der Waals surface area contributed by atoms with Crippen LogP contribution in [-0.4, -0.2) is 31.0 Å². The molecule has 19 heavy (non-hydrogen) atoms. The predicted octanol–water partition coefficient (Wildman–Crippen LogP) is 2.20. The van der Waals surface area contributed by atoms with Crippen molar-refractivity contribution in [2.45, 2.75) is 31.2 Å². The van der Waals surface area contributed by atoms with Crippen LogP contribution in [-0.2, 0) is 6.42 Å². The number of aliphatic hydroxyl groups is 1. The SMILES string of the molecule is CNC1CCc2cc(OCC(O)C(F)(F)F)ccc21. The van der Waals surface area contributed by atoms with Gasteiger partial charge in [-0.1, -0.05) is 6.07 Å². The third-order valence-electron chi connectivity index (χ3n) is 3.33. The van der Waals surface area contributed by atoms with Crippen LogP contribution in [0.2, 0.25) is 0 Å². The van der Waals surface area contributed by atoms with E-state index < -0.39 is 18.9 Å². The highest BCUT2D eigenvalue weighted by Gasteiger charge is 2.38. The van der Waals surface area contributed by atoms with Gasteiger partial charge in [0.15, 0.2) is 6.10 Å². The smallest absolute Gasteiger partial charge is 0.417 e. The number of hydrogen-bond acceptors (Lipinski definition) is 3. The summed E-state index contributed by atoms with van der Waals surface area (Å²) in [5.74, 6) is 0.360. The molecule has 0 spiro atoms. The summed E-state index contributed by atoms with van der Waals surface area (Å²) in [5.41, 5.74) is 2.24. The Morgan fingerprint density at radius 1 is 1.47 bits per heavy atom. The van der Waals surface area contributed by atoms with Crippen molar-refractivity contribution < 1.29 is 23.0 Å². The van der Waals surface area contributed by atoms with E-state index in [4.69, 9.17) is 9.84 Å². The number of halogens is 3. The quantitative estimate of drug-likeness (QED) is 0.885. The lowest BCUT2D eigenvalue weighted by Crippen LogP contribution is -2.34. The molecule has 3 nitrogen and oxygen atoms in total. The summed E-state index contributed by atoms with van der Waals surface area (Å²) < 4.78 is 41.4. The lowest BCUT2D eigenvalue weighted by Gasteiger charge is -2.16. The molecule has 2 unspecified atom stereocenters. The standard InChI is InChI=1S/C13H16F3NO2/c1-17-11-5-2-8-6-9(3-4-10(8)11)19-7-12(18)13(14,15)16/h3-4,6,11-12,17-18H,2,5,7H2,1H3. The molecule has 6 heteroatoms. The van der Waals surface area contributed by atoms with E-state index in [2.05, 4.69) is 5.32 Å². The van der Waals surface area contributed by atoms with Crippen LogP contribution < -0.4 is 10.1 Å². The van der Waals surface area contributed by atoms with E-state index in [-0.39, 0.29) is 0 Å². The molecular weight excluding hydrogens is 259 g/mol. The van der Waals surface area contributed by atoms with Crippen LogP contribution in [0.5, 0.6) is 5.75 Å². The lowest BCUT2D eigenvalue weighted by atomic mass is 10.1. The van der Waals surface area contributed by atoms with Crippen molar-refractivity contribution in [1.29, 1.82) is 0 Å². The molecule has 2 rings (SSSR count).